The second-order valence-electron chi connectivity index (χ2n) is 7.47. The molecule has 1 aliphatic rings. The van der Waals surface area contributed by atoms with Gasteiger partial charge in [-0.2, -0.15) is 0 Å². The van der Waals surface area contributed by atoms with E-state index in [9.17, 15) is 9.59 Å². The third-order valence-corrected chi connectivity index (χ3v) is 6.19. The van der Waals surface area contributed by atoms with Crippen molar-refractivity contribution in [2.24, 2.45) is 0 Å². The summed E-state index contributed by atoms with van der Waals surface area (Å²) in [5.74, 6) is 0.599. The number of carbonyl (C=O) groups is 2. The molecule has 0 saturated carbocycles. The van der Waals surface area contributed by atoms with Gasteiger partial charge in [-0.25, -0.2) is 0 Å². The summed E-state index contributed by atoms with van der Waals surface area (Å²) in [5, 5.41) is 2.90. The number of hydrogen-bond donors (Lipinski definition) is 1. The Morgan fingerprint density at radius 2 is 1.93 bits per heavy atom. The van der Waals surface area contributed by atoms with Crippen LogP contribution < -0.4 is 15.1 Å². The van der Waals surface area contributed by atoms with E-state index in [-0.39, 0.29) is 17.2 Å². The van der Waals surface area contributed by atoms with Gasteiger partial charge in [0.25, 0.3) is 0 Å². The third kappa shape index (κ3) is 5.32. The Morgan fingerprint density at radius 3 is 2.62 bits per heavy atom. The summed E-state index contributed by atoms with van der Waals surface area (Å²) in [6.45, 7) is 2.13. The Balaban J connectivity index is 1.76. The average molecular weight is 412 g/mol. The maximum Gasteiger partial charge on any atom is 0.238 e. The first-order chi connectivity index (χ1) is 14.0. The maximum atomic E-state index is 12.6. The van der Waals surface area contributed by atoms with Gasteiger partial charge in [0, 0.05) is 37.6 Å². The van der Waals surface area contributed by atoms with Crippen LogP contribution in [0.3, 0.4) is 0 Å². The average Bonchev–Trinajstić information content (AvgIpc) is 3.10. The van der Waals surface area contributed by atoms with Crippen molar-refractivity contribution in [2.45, 2.75) is 38.0 Å². The van der Waals surface area contributed by atoms with Crippen molar-refractivity contribution in [1.29, 1.82) is 0 Å². The number of anilines is 3. The number of amides is 2. The first kappa shape index (κ1) is 21.2. The molecule has 1 heterocycles. The highest BCUT2D eigenvalue weighted by Crippen LogP contribution is 2.42. The Hall–Kier alpha value is -2.47. The van der Waals surface area contributed by atoms with Crippen LogP contribution in [0.4, 0.5) is 17.1 Å². The van der Waals surface area contributed by atoms with Gasteiger partial charge >= 0.3 is 0 Å². The molecule has 0 radical (unpaired) electrons. The summed E-state index contributed by atoms with van der Waals surface area (Å²) in [6, 6.07) is 15.9. The van der Waals surface area contributed by atoms with E-state index in [4.69, 9.17) is 0 Å². The van der Waals surface area contributed by atoms with Crippen LogP contribution in [-0.2, 0) is 9.59 Å². The first-order valence-corrected chi connectivity index (χ1v) is 11.2. The van der Waals surface area contributed by atoms with Crippen molar-refractivity contribution in [3.8, 4) is 0 Å². The van der Waals surface area contributed by atoms with Crippen LogP contribution in [0.1, 0.15) is 43.5 Å². The molecule has 0 spiro atoms. The van der Waals surface area contributed by atoms with Crippen LogP contribution in [0.15, 0.2) is 48.5 Å². The van der Waals surface area contributed by atoms with Crippen LogP contribution in [0.5, 0.6) is 0 Å². The van der Waals surface area contributed by atoms with Crippen molar-refractivity contribution >= 4 is 40.6 Å². The summed E-state index contributed by atoms with van der Waals surface area (Å²) >= 11 is 1.61. The van der Waals surface area contributed by atoms with E-state index < -0.39 is 0 Å². The highest BCUT2D eigenvalue weighted by atomic mass is 32.2. The fourth-order valence-corrected chi connectivity index (χ4v) is 4.56. The monoisotopic (exact) mass is 411 g/mol. The number of hydrogen-bond acceptors (Lipinski definition) is 4. The predicted octanol–water partition coefficient (Wildman–Crippen LogP) is 5.05. The lowest BCUT2D eigenvalue weighted by atomic mass is 10.1. The number of unbranched alkanes of at least 4 members (excludes halogenated alkanes) is 2. The number of rotatable bonds is 8. The van der Waals surface area contributed by atoms with Gasteiger partial charge in [-0.3, -0.25) is 14.5 Å². The molecule has 3 rings (SSSR count). The first-order valence-electron chi connectivity index (χ1n) is 10.1. The van der Waals surface area contributed by atoms with E-state index in [1.54, 1.807) is 11.8 Å². The normalized spacial score (nSPS) is 16.2. The minimum Gasteiger partial charge on any atom is -0.378 e. The van der Waals surface area contributed by atoms with Gasteiger partial charge in [-0.05, 0) is 48.4 Å². The standard InChI is InChI=1S/C23H29N3O2S/c1-4-5-6-10-21(27)24-18-9-7-8-17(15-18)23-26(22(28)16-29-23)20-13-11-19(12-14-20)25(2)3/h7-9,11-15,23H,4-6,10,16H2,1-3H3,(H,24,27). The Kier molecular flexibility index (Phi) is 7.20. The third-order valence-electron chi connectivity index (χ3n) is 4.98. The molecule has 5 nitrogen and oxygen atoms in total. The number of thioether (sulfide) groups is 1. The summed E-state index contributed by atoms with van der Waals surface area (Å²) in [7, 11) is 3.99. The number of nitrogens with zero attached hydrogens (tertiary/aromatic N) is 2. The van der Waals surface area contributed by atoms with Crippen molar-refractivity contribution in [3.63, 3.8) is 0 Å². The minimum atomic E-state index is -0.0929. The topological polar surface area (TPSA) is 52.7 Å². The molecule has 1 aliphatic heterocycles. The van der Waals surface area contributed by atoms with Crippen LogP contribution >= 0.6 is 11.8 Å². The molecule has 1 unspecified atom stereocenters. The lowest BCUT2D eigenvalue weighted by Crippen LogP contribution is -2.27. The SMILES string of the molecule is CCCCCC(=O)Nc1cccc(C2SCC(=O)N2c2ccc(N(C)C)cc2)c1. The molecule has 6 heteroatoms. The van der Waals surface area contributed by atoms with Gasteiger partial charge in [0.05, 0.1) is 5.75 Å². The van der Waals surface area contributed by atoms with Gasteiger partial charge in [0.1, 0.15) is 5.37 Å². The molecule has 0 aliphatic carbocycles. The van der Waals surface area contributed by atoms with Gasteiger partial charge < -0.3 is 10.2 Å². The smallest absolute Gasteiger partial charge is 0.238 e. The molecule has 1 N–H and O–H groups in total. The Labute approximate surface area is 177 Å². The maximum absolute atomic E-state index is 12.6. The van der Waals surface area contributed by atoms with Crippen LogP contribution in [0.2, 0.25) is 0 Å². The molecule has 0 aromatic heterocycles. The number of carbonyl (C=O) groups excluding carboxylic acids is 2. The summed E-state index contributed by atoms with van der Waals surface area (Å²) in [5.41, 5.74) is 3.79. The number of benzene rings is 2. The van der Waals surface area contributed by atoms with Crippen LogP contribution in [0.25, 0.3) is 0 Å². The largest absolute Gasteiger partial charge is 0.378 e. The summed E-state index contributed by atoms with van der Waals surface area (Å²) in [4.78, 5) is 28.7. The molecule has 1 saturated heterocycles. The lowest BCUT2D eigenvalue weighted by molar-refractivity contribution is -0.117. The molecule has 0 bridgehead atoms. The van der Waals surface area contributed by atoms with Crippen molar-refractivity contribution in [1.82, 2.24) is 0 Å². The van der Waals surface area contributed by atoms with Gasteiger partial charge in [-0.1, -0.05) is 31.9 Å². The Bertz CT molecular complexity index is 851. The zero-order valence-electron chi connectivity index (χ0n) is 17.4. The van der Waals surface area contributed by atoms with Gasteiger partial charge in [0.15, 0.2) is 0 Å². The minimum absolute atomic E-state index is 0.0434. The molecular weight excluding hydrogens is 382 g/mol. The quantitative estimate of drug-likeness (QED) is 0.618. The van der Waals surface area contributed by atoms with E-state index >= 15 is 0 Å². The lowest BCUT2D eigenvalue weighted by Gasteiger charge is -2.25. The molecule has 2 aromatic rings. The van der Waals surface area contributed by atoms with Crippen LogP contribution in [0, 0.1) is 0 Å². The van der Waals surface area contributed by atoms with E-state index in [0.717, 1.165) is 41.9 Å². The molecule has 29 heavy (non-hydrogen) atoms. The fraction of sp³-hybridized carbons (Fsp3) is 0.391. The number of nitrogens with one attached hydrogen (secondary N) is 1. The van der Waals surface area contributed by atoms with Crippen molar-refractivity contribution in [2.75, 3.05) is 35.0 Å². The van der Waals surface area contributed by atoms with E-state index in [2.05, 4.69) is 12.2 Å². The highest BCUT2D eigenvalue weighted by Gasteiger charge is 2.34. The molecule has 2 aromatic carbocycles. The molecule has 1 atom stereocenters. The van der Waals surface area contributed by atoms with Crippen molar-refractivity contribution < 1.29 is 9.59 Å². The van der Waals surface area contributed by atoms with Crippen LogP contribution in [-0.4, -0.2) is 31.7 Å². The predicted molar refractivity (Wildman–Crippen MR) is 123 cm³/mol. The molecule has 154 valence electrons. The fourth-order valence-electron chi connectivity index (χ4n) is 3.39. The highest BCUT2D eigenvalue weighted by molar-refractivity contribution is 8.00. The Morgan fingerprint density at radius 1 is 1.17 bits per heavy atom. The second kappa shape index (κ2) is 9.83. The van der Waals surface area contributed by atoms with E-state index in [0.29, 0.717) is 12.2 Å². The van der Waals surface area contributed by atoms with E-state index in [1.807, 2.05) is 72.4 Å². The van der Waals surface area contributed by atoms with Gasteiger partial charge in [0.2, 0.25) is 11.8 Å². The molecular formula is C23H29N3O2S. The zero-order chi connectivity index (χ0) is 20.8. The summed E-state index contributed by atoms with van der Waals surface area (Å²) < 4.78 is 0. The van der Waals surface area contributed by atoms with Gasteiger partial charge in [-0.15, -0.1) is 11.8 Å². The zero-order valence-corrected chi connectivity index (χ0v) is 18.2. The van der Waals surface area contributed by atoms with Crippen molar-refractivity contribution in [3.05, 3.63) is 54.1 Å². The molecule has 2 amide bonds. The molecule has 1 fully saturated rings. The summed E-state index contributed by atoms with van der Waals surface area (Å²) in [6.07, 6.45) is 3.61. The second-order valence-corrected chi connectivity index (χ2v) is 8.54. The van der Waals surface area contributed by atoms with E-state index in [1.165, 1.54) is 0 Å².